The summed E-state index contributed by atoms with van der Waals surface area (Å²) in [7, 11) is 3.73. The third kappa shape index (κ3) is 4.64. The number of rotatable bonds is 7. The first-order valence-corrected chi connectivity index (χ1v) is 9.09. The molecule has 0 bridgehead atoms. The van der Waals surface area contributed by atoms with Crippen molar-refractivity contribution in [2.45, 2.75) is 24.9 Å². The van der Waals surface area contributed by atoms with Crippen LogP contribution >= 0.6 is 0 Å². The van der Waals surface area contributed by atoms with E-state index in [2.05, 4.69) is 28.4 Å². The van der Waals surface area contributed by atoms with Crippen molar-refractivity contribution in [3.63, 3.8) is 0 Å². The lowest BCUT2D eigenvalue weighted by Gasteiger charge is -2.32. The van der Waals surface area contributed by atoms with Crippen LogP contribution in [0.1, 0.15) is 29.0 Å². The van der Waals surface area contributed by atoms with Gasteiger partial charge in [0, 0.05) is 31.8 Å². The van der Waals surface area contributed by atoms with Crippen molar-refractivity contribution < 1.29 is 13.9 Å². The van der Waals surface area contributed by atoms with Crippen LogP contribution in [0, 0.1) is 5.82 Å². The van der Waals surface area contributed by atoms with Gasteiger partial charge in [-0.2, -0.15) is 0 Å². The number of benzene rings is 2. The number of primary amides is 1. The predicted octanol–water partition coefficient (Wildman–Crippen LogP) is 2.71. The molecule has 0 saturated heterocycles. The van der Waals surface area contributed by atoms with Gasteiger partial charge in [0.15, 0.2) is 0 Å². The zero-order chi connectivity index (χ0) is 19.4. The molecule has 2 aromatic rings. The summed E-state index contributed by atoms with van der Waals surface area (Å²) in [5, 5.41) is 3.27. The van der Waals surface area contributed by atoms with Crippen molar-refractivity contribution in [3.8, 4) is 0 Å². The van der Waals surface area contributed by atoms with E-state index in [9.17, 15) is 9.18 Å². The van der Waals surface area contributed by atoms with Gasteiger partial charge in [-0.1, -0.05) is 24.3 Å². The second kappa shape index (κ2) is 8.50. The highest BCUT2D eigenvalue weighted by atomic mass is 19.1. The van der Waals surface area contributed by atoms with E-state index >= 15 is 0 Å². The van der Waals surface area contributed by atoms with Crippen LogP contribution in [0.4, 0.5) is 10.1 Å². The summed E-state index contributed by atoms with van der Waals surface area (Å²) >= 11 is 0. The lowest BCUT2D eigenvalue weighted by atomic mass is 9.81. The summed E-state index contributed by atoms with van der Waals surface area (Å²) in [5.74, 6) is -0.649. The van der Waals surface area contributed by atoms with Gasteiger partial charge in [-0.15, -0.1) is 0 Å². The number of amides is 1. The van der Waals surface area contributed by atoms with E-state index in [0.29, 0.717) is 13.0 Å². The van der Waals surface area contributed by atoms with E-state index in [0.717, 1.165) is 35.5 Å². The molecule has 5 nitrogen and oxygen atoms in total. The Morgan fingerprint density at radius 3 is 2.70 bits per heavy atom. The molecule has 27 heavy (non-hydrogen) atoms. The Morgan fingerprint density at radius 1 is 1.30 bits per heavy atom. The van der Waals surface area contributed by atoms with Gasteiger partial charge in [0.1, 0.15) is 11.9 Å². The molecular formula is C21H26FN3O2. The normalized spacial score (nSPS) is 18.8. The summed E-state index contributed by atoms with van der Waals surface area (Å²) in [5.41, 5.74) is 9.72. The van der Waals surface area contributed by atoms with E-state index in [4.69, 9.17) is 10.5 Å². The number of methoxy groups -OCH3 is 1. The first-order valence-electron chi connectivity index (χ1n) is 9.09. The van der Waals surface area contributed by atoms with Gasteiger partial charge in [-0.05, 0) is 48.4 Å². The number of likely N-dealkylation sites (N-methyl/N-ethyl adjacent to an activating group) is 1. The molecule has 1 heterocycles. The maximum Gasteiger partial charge on any atom is 0.239 e. The van der Waals surface area contributed by atoms with Crippen LogP contribution in [0.5, 0.6) is 0 Å². The zero-order valence-corrected chi connectivity index (χ0v) is 15.7. The Balaban J connectivity index is 1.89. The molecule has 2 unspecified atom stereocenters. The number of nitrogens with two attached hydrogens (primary N) is 1. The van der Waals surface area contributed by atoms with E-state index in [1.807, 2.05) is 7.05 Å². The summed E-state index contributed by atoms with van der Waals surface area (Å²) in [6.07, 6.45) is 0.557. The maximum absolute atomic E-state index is 13.3. The first-order chi connectivity index (χ1) is 13.0. The third-order valence-electron chi connectivity index (χ3n) is 5.04. The summed E-state index contributed by atoms with van der Waals surface area (Å²) in [6, 6.07) is 12.3. The number of nitrogens with one attached hydrogen (secondary N) is 1. The van der Waals surface area contributed by atoms with Crippen LogP contribution in [0.25, 0.3) is 0 Å². The topological polar surface area (TPSA) is 67.6 Å². The molecule has 2 aromatic carbocycles. The lowest BCUT2D eigenvalue weighted by molar-refractivity contribution is -0.119. The molecule has 1 amide bonds. The average Bonchev–Trinajstić information content (AvgIpc) is 2.66. The van der Waals surface area contributed by atoms with Crippen LogP contribution in [0.3, 0.4) is 0 Å². The second-order valence-corrected chi connectivity index (χ2v) is 7.09. The molecule has 0 aromatic heterocycles. The Hall–Kier alpha value is -2.44. The highest BCUT2D eigenvalue weighted by molar-refractivity contribution is 5.84. The maximum atomic E-state index is 13.3. The fraction of sp³-hybridized carbons (Fsp3) is 0.381. The molecule has 0 spiro atoms. The predicted molar refractivity (Wildman–Crippen MR) is 104 cm³/mol. The van der Waals surface area contributed by atoms with Crippen molar-refractivity contribution in [1.82, 2.24) is 4.90 Å². The van der Waals surface area contributed by atoms with Crippen LogP contribution in [0.2, 0.25) is 0 Å². The lowest BCUT2D eigenvalue weighted by Crippen LogP contribution is -2.40. The number of carbonyl (C=O) groups excluding carboxylic acids is 1. The van der Waals surface area contributed by atoms with E-state index in [1.54, 1.807) is 19.2 Å². The molecule has 1 aliphatic heterocycles. The van der Waals surface area contributed by atoms with Crippen LogP contribution in [-0.4, -0.2) is 44.2 Å². The first kappa shape index (κ1) is 19.3. The van der Waals surface area contributed by atoms with Crippen LogP contribution in [-0.2, 0) is 16.1 Å². The minimum atomic E-state index is -0.450. The second-order valence-electron chi connectivity index (χ2n) is 7.09. The number of hydrogen-bond donors (Lipinski definition) is 2. The van der Waals surface area contributed by atoms with Gasteiger partial charge < -0.3 is 15.8 Å². The Morgan fingerprint density at radius 2 is 2.04 bits per heavy atom. The molecule has 0 fully saturated rings. The molecule has 0 radical (unpaired) electrons. The van der Waals surface area contributed by atoms with Crippen molar-refractivity contribution in [2.75, 3.05) is 32.6 Å². The van der Waals surface area contributed by atoms with Gasteiger partial charge in [0.05, 0.1) is 6.61 Å². The monoisotopic (exact) mass is 371 g/mol. The molecule has 2 atom stereocenters. The molecule has 144 valence electrons. The van der Waals surface area contributed by atoms with E-state index in [1.165, 1.54) is 12.1 Å². The molecule has 3 N–H and O–H groups in total. The van der Waals surface area contributed by atoms with Crippen molar-refractivity contribution in [2.24, 2.45) is 5.73 Å². The number of halogens is 1. The number of ether oxygens (including phenoxy) is 1. The highest BCUT2D eigenvalue weighted by Crippen LogP contribution is 2.39. The Kier molecular flexibility index (Phi) is 6.08. The minimum absolute atomic E-state index is 0.000351. The number of fused-ring (bicyclic) bond motifs is 1. The number of anilines is 1. The third-order valence-corrected chi connectivity index (χ3v) is 5.04. The van der Waals surface area contributed by atoms with Gasteiger partial charge in [0.25, 0.3) is 0 Å². The molecule has 3 rings (SSSR count). The average molecular weight is 371 g/mol. The van der Waals surface area contributed by atoms with Crippen molar-refractivity contribution >= 4 is 11.6 Å². The SMILES string of the molecule is COCCN(C)Cc1ccc2c(c1)NC(C(N)=O)CC2c1ccc(F)cc1. The summed E-state index contributed by atoms with van der Waals surface area (Å²) in [6.45, 7) is 2.29. The fourth-order valence-corrected chi connectivity index (χ4v) is 3.58. The van der Waals surface area contributed by atoms with Gasteiger partial charge in [0.2, 0.25) is 5.91 Å². The van der Waals surface area contributed by atoms with E-state index < -0.39 is 6.04 Å². The highest BCUT2D eigenvalue weighted by Gasteiger charge is 2.30. The Bertz CT molecular complexity index is 795. The minimum Gasteiger partial charge on any atom is -0.383 e. The standard InChI is InChI=1S/C21H26FN3O2/c1-25(9-10-27-2)13-14-3-8-17-18(15-4-6-16(22)7-5-15)12-20(21(23)26)24-19(17)11-14/h3-8,11,18,20,24H,9-10,12-13H2,1-2H3,(H2,23,26). The molecule has 0 saturated carbocycles. The smallest absolute Gasteiger partial charge is 0.239 e. The molecule has 0 aliphatic carbocycles. The van der Waals surface area contributed by atoms with Gasteiger partial charge in [-0.25, -0.2) is 4.39 Å². The Labute approximate surface area is 159 Å². The van der Waals surface area contributed by atoms with Crippen LogP contribution in [0.15, 0.2) is 42.5 Å². The number of hydrogen-bond acceptors (Lipinski definition) is 4. The van der Waals surface area contributed by atoms with E-state index in [-0.39, 0.29) is 17.6 Å². The summed E-state index contributed by atoms with van der Waals surface area (Å²) in [4.78, 5) is 14.0. The van der Waals surface area contributed by atoms with Crippen molar-refractivity contribution in [3.05, 3.63) is 65.0 Å². The zero-order valence-electron chi connectivity index (χ0n) is 15.7. The fourth-order valence-electron chi connectivity index (χ4n) is 3.58. The largest absolute Gasteiger partial charge is 0.383 e. The molecular weight excluding hydrogens is 345 g/mol. The van der Waals surface area contributed by atoms with Gasteiger partial charge >= 0.3 is 0 Å². The quantitative estimate of drug-likeness (QED) is 0.785. The number of carbonyl (C=O) groups is 1. The van der Waals surface area contributed by atoms with Crippen molar-refractivity contribution in [1.29, 1.82) is 0 Å². The molecule has 6 heteroatoms. The van der Waals surface area contributed by atoms with Gasteiger partial charge in [-0.3, -0.25) is 9.69 Å². The summed E-state index contributed by atoms with van der Waals surface area (Å²) < 4.78 is 18.4. The number of nitrogens with zero attached hydrogens (tertiary/aromatic N) is 1. The van der Waals surface area contributed by atoms with Crippen LogP contribution < -0.4 is 11.1 Å². The molecule has 1 aliphatic rings.